The van der Waals surface area contributed by atoms with Gasteiger partial charge in [-0.05, 0) is 6.92 Å². The normalized spacial score (nSPS) is 8.05. The van der Waals surface area contributed by atoms with Crippen molar-refractivity contribution in [2.45, 2.75) is 66.8 Å². The molecule has 6 nitrogen and oxygen atoms in total. The largest absolute Gasteiger partial charge is 3.00 e. The summed E-state index contributed by atoms with van der Waals surface area (Å²) in [5.41, 5.74) is 4.54. The number of carbonyl (C=O) groups is 1. The Balaban J connectivity index is -0.0000000459. The van der Waals surface area contributed by atoms with Gasteiger partial charge in [-0.2, -0.15) is 0 Å². The summed E-state index contributed by atoms with van der Waals surface area (Å²) in [4.78, 5) is 9.60. The molecule has 0 spiro atoms. The van der Waals surface area contributed by atoms with Crippen molar-refractivity contribution in [2.24, 2.45) is 5.73 Å². The molecule has 0 aromatic rings. The Hall–Kier alpha value is -0.318. The van der Waals surface area contributed by atoms with Crippen LogP contribution in [0.2, 0.25) is 0 Å². The Kier molecular flexibility index (Phi) is 43.2. The molecule has 0 fully saturated rings. The van der Waals surface area contributed by atoms with Crippen LogP contribution < -0.4 is 21.1 Å². The number of hydrogen-bond acceptors (Lipinski definition) is 5. The van der Waals surface area contributed by atoms with Gasteiger partial charge >= 0.3 is 23.5 Å². The fourth-order valence-corrected chi connectivity index (χ4v) is 0.142. The molecule has 0 aromatic heterocycles. The van der Waals surface area contributed by atoms with E-state index in [9.17, 15) is 20.1 Å². The van der Waals surface area contributed by atoms with Gasteiger partial charge in [-0.3, -0.25) is 0 Å². The van der Waals surface area contributed by atoms with Gasteiger partial charge in [0.25, 0.3) is 0 Å². The summed E-state index contributed by atoms with van der Waals surface area (Å²) in [6, 6.07) is 0. The van der Waals surface area contributed by atoms with Crippen LogP contribution in [-0.2, 0) is 4.74 Å². The molecular formula is C12H28AlNO5. The minimum absolute atomic E-state index is 0. The van der Waals surface area contributed by atoms with E-state index in [1.165, 1.54) is 0 Å². The Morgan fingerprint density at radius 3 is 1.11 bits per heavy atom. The van der Waals surface area contributed by atoms with Gasteiger partial charge < -0.3 is 25.8 Å². The molecule has 2 N–H and O–H groups in total. The van der Waals surface area contributed by atoms with Crippen LogP contribution in [-0.4, -0.2) is 48.4 Å². The fraction of sp³-hybridized carbons (Fsp3) is 0.917. The van der Waals surface area contributed by atoms with Crippen molar-refractivity contribution in [3.63, 3.8) is 0 Å². The Labute approximate surface area is 128 Å². The molecule has 0 atom stereocenters. The fourth-order valence-electron chi connectivity index (χ4n) is 0.142. The van der Waals surface area contributed by atoms with Crippen LogP contribution in [0.5, 0.6) is 0 Å². The van der Waals surface area contributed by atoms with Crippen LogP contribution in [0.1, 0.15) is 48.5 Å². The summed E-state index contributed by atoms with van der Waals surface area (Å²) < 4.78 is 4.18. The van der Waals surface area contributed by atoms with E-state index >= 15 is 0 Å². The second-order valence-electron chi connectivity index (χ2n) is 3.90. The third kappa shape index (κ3) is 604. The molecule has 114 valence electrons. The smallest absolute Gasteiger partial charge is 0.852 e. The molecule has 0 saturated heterocycles. The van der Waals surface area contributed by atoms with E-state index in [0.29, 0.717) is 6.61 Å². The molecule has 0 aromatic carbocycles. The first-order chi connectivity index (χ1) is 7.97. The average molecular weight is 293 g/mol. The summed E-state index contributed by atoms with van der Waals surface area (Å²) in [5.74, 6) is 0. The predicted molar refractivity (Wildman–Crippen MR) is 72.4 cm³/mol. The molecule has 19 heavy (non-hydrogen) atoms. The third-order valence-corrected chi connectivity index (χ3v) is 0.287. The third-order valence-electron chi connectivity index (χ3n) is 0.287. The number of hydrogen-bond donors (Lipinski definition) is 1. The monoisotopic (exact) mass is 293 g/mol. The maximum Gasteiger partial charge on any atom is 3.00 e. The Morgan fingerprint density at radius 1 is 0.947 bits per heavy atom. The first-order valence-electron chi connectivity index (χ1n) is 5.86. The van der Waals surface area contributed by atoms with Gasteiger partial charge in [0.1, 0.15) is 0 Å². The number of carbonyl (C=O) groups excluding carboxylic acids is 1. The zero-order chi connectivity index (χ0) is 15.7. The zero-order valence-electron chi connectivity index (χ0n) is 13.1. The van der Waals surface area contributed by atoms with Gasteiger partial charge in [0.15, 0.2) is 0 Å². The maximum absolute atomic E-state index is 9.60. The van der Waals surface area contributed by atoms with E-state index in [-0.39, 0.29) is 17.4 Å². The number of rotatable bonds is 1. The molecule has 0 aliphatic rings. The second kappa shape index (κ2) is 26.3. The summed E-state index contributed by atoms with van der Waals surface area (Å²) >= 11 is 0. The van der Waals surface area contributed by atoms with Crippen molar-refractivity contribution in [1.82, 2.24) is 0 Å². The Morgan fingerprint density at radius 2 is 1.11 bits per heavy atom. The minimum atomic E-state index is -0.711. The molecular weight excluding hydrogens is 265 g/mol. The van der Waals surface area contributed by atoms with Gasteiger partial charge in [-0.15, -0.1) is 18.3 Å². The van der Waals surface area contributed by atoms with E-state index in [1.54, 1.807) is 48.5 Å². The van der Waals surface area contributed by atoms with Crippen LogP contribution >= 0.6 is 0 Å². The van der Waals surface area contributed by atoms with Crippen LogP contribution in [0.15, 0.2) is 0 Å². The van der Waals surface area contributed by atoms with Crippen LogP contribution in [0.3, 0.4) is 0 Å². The van der Waals surface area contributed by atoms with Crippen molar-refractivity contribution in [3.05, 3.63) is 0 Å². The average Bonchev–Trinajstić information content (AvgIpc) is 1.98. The van der Waals surface area contributed by atoms with E-state index in [2.05, 4.69) is 10.5 Å². The van der Waals surface area contributed by atoms with Gasteiger partial charge in [0.05, 0.1) is 6.61 Å². The van der Waals surface area contributed by atoms with Crippen LogP contribution in [0.4, 0.5) is 4.79 Å². The van der Waals surface area contributed by atoms with Gasteiger partial charge in [0.2, 0.25) is 0 Å². The summed E-state index contributed by atoms with van der Waals surface area (Å²) in [6.07, 6.45) is -1.96. The van der Waals surface area contributed by atoms with Crippen molar-refractivity contribution in [2.75, 3.05) is 6.61 Å². The van der Waals surface area contributed by atoms with E-state index < -0.39 is 24.4 Å². The molecule has 7 heteroatoms. The summed E-state index contributed by atoms with van der Waals surface area (Å²) in [5, 5.41) is 28.6. The van der Waals surface area contributed by atoms with Crippen LogP contribution in [0.25, 0.3) is 0 Å². The standard InChI is InChI=1S/C3H7NO2.3C3H7O.Al/c1-2-6-3(4)5;3*1-3(2)4;/h2H2,1H3,(H2,4,5);3*3H,1-2H3;/q;3*-1;+3. The van der Waals surface area contributed by atoms with E-state index in [0.717, 1.165) is 0 Å². The van der Waals surface area contributed by atoms with Crippen molar-refractivity contribution in [1.29, 1.82) is 0 Å². The molecule has 0 aliphatic heterocycles. The van der Waals surface area contributed by atoms with Gasteiger partial charge in [0, 0.05) is 0 Å². The van der Waals surface area contributed by atoms with Gasteiger partial charge in [-0.1, -0.05) is 41.5 Å². The van der Waals surface area contributed by atoms with Gasteiger partial charge in [-0.25, -0.2) is 4.79 Å². The zero-order valence-corrected chi connectivity index (χ0v) is 14.3. The molecule has 0 rings (SSSR count). The SMILES string of the molecule is CC(C)[O-].CC(C)[O-].CC(C)[O-].CCOC(N)=O.[Al+3]. The number of amides is 1. The first-order valence-corrected chi connectivity index (χ1v) is 5.86. The van der Waals surface area contributed by atoms with Crippen LogP contribution in [0, 0.1) is 0 Å². The summed E-state index contributed by atoms with van der Waals surface area (Å²) in [7, 11) is 0. The molecule has 0 bridgehead atoms. The molecule has 1 amide bonds. The summed E-state index contributed by atoms with van der Waals surface area (Å²) in [6.45, 7) is 11.7. The predicted octanol–water partition coefficient (Wildman–Crippen LogP) is -1.01. The molecule has 0 unspecified atom stereocenters. The number of primary amides is 1. The molecule has 0 heterocycles. The Bertz CT molecular complexity index is 133. The molecule has 0 radical (unpaired) electrons. The minimum Gasteiger partial charge on any atom is -0.852 e. The van der Waals surface area contributed by atoms with E-state index in [4.69, 9.17) is 0 Å². The van der Waals surface area contributed by atoms with Crippen molar-refractivity contribution < 1.29 is 24.9 Å². The maximum atomic E-state index is 9.60. The topological polar surface area (TPSA) is 122 Å². The van der Waals surface area contributed by atoms with Crippen molar-refractivity contribution >= 4 is 23.5 Å². The number of nitrogens with two attached hydrogens (primary N) is 1. The molecule has 0 aliphatic carbocycles. The number of ether oxygens (including phenoxy) is 1. The quantitative estimate of drug-likeness (QED) is 0.620. The first kappa shape index (κ1) is 31.2. The second-order valence-corrected chi connectivity index (χ2v) is 3.90. The van der Waals surface area contributed by atoms with Crippen molar-refractivity contribution in [3.8, 4) is 0 Å². The molecule has 0 saturated carbocycles. The van der Waals surface area contributed by atoms with E-state index in [1.807, 2.05) is 0 Å².